The van der Waals surface area contributed by atoms with Crippen LogP contribution in [-0.4, -0.2) is 33.2 Å². The maximum Gasteiger partial charge on any atom is 0.267 e. The Bertz CT molecular complexity index is 841. The van der Waals surface area contributed by atoms with E-state index >= 15 is 0 Å². The largest absolute Gasteiger partial charge is 0.338 e. The molecule has 1 aliphatic rings. The molecular weight excluding hydrogens is 314 g/mol. The third kappa shape index (κ3) is 3.81. The van der Waals surface area contributed by atoms with E-state index in [4.69, 9.17) is 0 Å². The van der Waals surface area contributed by atoms with Gasteiger partial charge in [-0.2, -0.15) is 5.10 Å². The minimum absolute atomic E-state index is 0.00184. The molecule has 1 aromatic carbocycles. The van der Waals surface area contributed by atoms with Crippen molar-refractivity contribution in [2.45, 2.75) is 52.6 Å². The second-order valence-electron chi connectivity index (χ2n) is 6.95. The zero-order valence-corrected chi connectivity index (χ0v) is 15.2. The van der Waals surface area contributed by atoms with Crippen LogP contribution < -0.4 is 5.56 Å². The number of hydrogen-bond donors (Lipinski definition) is 0. The van der Waals surface area contributed by atoms with Crippen LogP contribution >= 0.6 is 0 Å². The SMILES string of the molecule is Cc1ccc(-c2ccc(=O)n(CC(=O)N3CCCCC3C)n2)cc1C. The predicted molar refractivity (Wildman–Crippen MR) is 98.4 cm³/mol. The van der Waals surface area contributed by atoms with E-state index in [0.29, 0.717) is 5.69 Å². The zero-order valence-electron chi connectivity index (χ0n) is 15.2. The fourth-order valence-electron chi connectivity index (χ4n) is 3.30. The van der Waals surface area contributed by atoms with Crippen LogP contribution in [0, 0.1) is 13.8 Å². The van der Waals surface area contributed by atoms with Crippen molar-refractivity contribution in [3.63, 3.8) is 0 Å². The van der Waals surface area contributed by atoms with Gasteiger partial charge in [-0.05, 0) is 63.3 Å². The molecule has 2 aromatic rings. The number of aromatic nitrogens is 2. The van der Waals surface area contributed by atoms with E-state index in [-0.39, 0.29) is 24.1 Å². The smallest absolute Gasteiger partial charge is 0.267 e. The summed E-state index contributed by atoms with van der Waals surface area (Å²) < 4.78 is 1.29. The number of aryl methyl sites for hydroxylation is 2. The minimum atomic E-state index is -0.245. The second kappa shape index (κ2) is 7.21. The number of likely N-dealkylation sites (tertiary alicyclic amines) is 1. The van der Waals surface area contributed by atoms with Crippen molar-refractivity contribution in [2.24, 2.45) is 0 Å². The number of carbonyl (C=O) groups is 1. The molecule has 5 nitrogen and oxygen atoms in total. The Morgan fingerprint density at radius 3 is 2.68 bits per heavy atom. The first-order valence-electron chi connectivity index (χ1n) is 8.91. The Balaban J connectivity index is 1.85. The number of rotatable bonds is 3. The number of amides is 1. The van der Waals surface area contributed by atoms with Gasteiger partial charge < -0.3 is 4.90 Å². The maximum atomic E-state index is 12.6. The molecular formula is C20H25N3O2. The van der Waals surface area contributed by atoms with Gasteiger partial charge >= 0.3 is 0 Å². The average molecular weight is 339 g/mol. The van der Waals surface area contributed by atoms with Gasteiger partial charge in [-0.1, -0.05) is 12.1 Å². The number of benzene rings is 1. The molecule has 0 aliphatic carbocycles. The van der Waals surface area contributed by atoms with Crippen LogP contribution in [-0.2, 0) is 11.3 Å². The summed E-state index contributed by atoms with van der Waals surface area (Å²) in [5, 5.41) is 4.43. The van der Waals surface area contributed by atoms with Crippen molar-refractivity contribution in [1.29, 1.82) is 0 Å². The van der Waals surface area contributed by atoms with Gasteiger partial charge in [0.05, 0.1) is 5.69 Å². The maximum absolute atomic E-state index is 12.6. The molecule has 1 amide bonds. The van der Waals surface area contributed by atoms with Gasteiger partial charge in [0.1, 0.15) is 6.54 Å². The lowest BCUT2D eigenvalue weighted by atomic mass is 10.0. The fourth-order valence-corrected chi connectivity index (χ4v) is 3.30. The van der Waals surface area contributed by atoms with E-state index in [0.717, 1.165) is 31.4 Å². The van der Waals surface area contributed by atoms with Crippen molar-refractivity contribution in [3.8, 4) is 11.3 Å². The van der Waals surface area contributed by atoms with E-state index in [9.17, 15) is 9.59 Å². The standard InChI is InChI=1S/C20H25N3O2/c1-14-7-8-17(12-15(14)2)18-9-10-19(24)23(21-18)13-20(25)22-11-5-4-6-16(22)3/h7-10,12,16H,4-6,11,13H2,1-3H3. The van der Waals surface area contributed by atoms with Crippen molar-refractivity contribution in [3.05, 3.63) is 51.8 Å². The highest BCUT2D eigenvalue weighted by Crippen LogP contribution is 2.20. The molecule has 1 unspecified atom stereocenters. The summed E-state index contributed by atoms with van der Waals surface area (Å²) in [5.74, 6) is -0.0287. The van der Waals surface area contributed by atoms with E-state index in [1.54, 1.807) is 6.07 Å². The van der Waals surface area contributed by atoms with Crippen molar-refractivity contribution < 1.29 is 4.79 Å². The van der Waals surface area contributed by atoms with Gasteiger partial charge in [0.25, 0.3) is 5.56 Å². The molecule has 2 heterocycles. The molecule has 1 fully saturated rings. The molecule has 3 rings (SSSR count). The average Bonchev–Trinajstić information content (AvgIpc) is 2.59. The molecule has 1 aromatic heterocycles. The predicted octanol–water partition coefficient (Wildman–Crippen LogP) is 2.93. The summed E-state index contributed by atoms with van der Waals surface area (Å²) in [6.45, 7) is 6.95. The Kier molecular flexibility index (Phi) is 5.02. The van der Waals surface area contributed by atoms with Crippen LogP contribution in [0.1, 0.15) is 37.3 Å². The number of hydrogen-bond acceptors (Lipinski definition) is 3. The molecule has 0 saturated carbocycles. The summed E-state index contributed by atoms with van der Waals surface area (Å²) in [7, 11) is 0. The molecule has 1 atom stereocenters. The first-order chi connectivity index (χ1) is 12.0. The van der Waals surface area contributed by atoms with Gasteiger partial charge in [-0.3, -0.25) is 9.59 Å². The number of piperidine rings is 1. The molecule has 0 bridgehead atoms. The van der Waals surface area contributed by atoms with Gasteiger partial charge in [-0.15, -0.1) is 0 Å². The lowest BCUT2D eigenvalue weighted by molar-refractivity contribution is -0.135. The van der Waals surface area contributed by atoms with Crippen molar-refractivity contribution >= 4 is 5.91 Å². The molecule has 5 heteroatoms. The first kappa shape index (κ1) is 17.4. The highest BCUT2D eigenvalue weighted by atomic mass is 16.2. The summed E-state index contributed by atoms with van der Waals surface area (Å²) in [6, 6.07) is 9.54. The first-order valence-corrected chi connectivity index (χ1v) is 8.91. The van der Waals surface area contributed by atoms with Gasteiger partial charge in [0, 0.05) is 24.2 Å². The Labute approximate surface area is 148 Å². The van der Waals surface area contributed by atoms with Crippen molar-refractivity contribution in [1.82, 2.24) is 14.7 Å². The summed E-state index contributed by atoms with van der Waals surface area (Å²) in [6.07, 6.45) is 3.21. The zero-order chi connectivity index (χ0) is 18.0. The second-order valence-corrected chi connectivity index (χ2v) is 6.95. The third-order valence-corrected chi connectivity index (χ3v) is 5.08. The minimum Gasteiger partial charge on any atom is -0.338 e. The summed E-state index contributed by atoms with van der Waals surface area (Å²) in [4.78, 5) is 26.6. The van der Waals surface area contributed by atoms with E-state index in [1.165, 1.54) is 21.9 Å². The molecule has 0 spiro atoms. The number of nitrogens with zero attached hydrogens (tertiary/aromatic N) is 3. The molecule has 1 aliphatic heterocycles. The highest BCUT2D eigenvalue weighted by molar-refractivity contribution is 5.76. The lowest BCUT2D eigenvalue weighted by Gasteiger charge is -2.33. The molecule has 0 radical (unpaired) electrons. The van der Waals surface area contributed by atoms with E-state index in [2.05, 4.69) is 31.9 Å². The quantitative estimate of drug-likeness (QED) is 0.864. The lowest BCUT2D eigenvalue weighted by Crippen LogP contribution is -2.45. The van der Waals surface area contributed by atoms with Gasteiger partial charge in [0.2, 0.25) is 5.91 Å². The molecule has 0 N–H and O–H groups in total. The third-order valence-electron chi connectivity index (χ3n) is 5.08. The summed E-state index contributed by atoms with van der Waals surface area (Å²) in [5.41, 5.74) is 3.81. The normalized spacial score (nSPS) is 17.6. The summed E-state index contributed by atoms with van der Waals surface area (Å²) >= 11 is 0. The molecule has 25 heavy (non-hydrogen) atoms. The van der Waals surface area contributed by atoms with Crippen LogP contribution in [0.4, 0.5) is 0 Å². The fraction of sp³-hybridized carbons (Fsp3) is 0.450. The van der Waals surface area contributed by atoms with Gasteiger partial charge in [-0.25, -0.2) is 4.68 Å². The monoisotopic (exact) mass is 339 g/mol. The number of carbonyl (C=O) groups excluding carboxylic acids is 1. The topological polar surface area (TPSA) is 55.2 Å². The highest BCUT2D eigenvalue weighted by Gasteiger charge is 2.23. The van der Waals surface area contributed by atoms with E-state index in [1.807, 2.05) is 17.0 Å². The molecule has 132 valence electrons. The van der Waals surface area contributed by atoms with Crippen LogP contribution in [0.2, 0.25) is 0 Å². The van der Waals surface area contributed by atoms with Crippen LogP contribution in [0.15, 0.2) is 35.1 Å². The van der Waals surface area contributed by atoms with Gasteiger partial charge in [0.15, 0.2) is 0 Å². The van der Waals surface area contributed by atoms with E-state index < -0.39 is 0 Å². The van der Waals surface area contributed by atoms with Crippen LogP contribution in [0.5, 0.6) is 0 Å². The van der Waals surface area contributed by atoms with Crippen LogP contribution in [0.3, 0.4) is 0 Å². The Morgan fingerprint density at radius 1 is 1.16 bits per heavy atom. The van der Waals surface area contributed by atoms with Crippen LogP contribution in [0.25, 0.3) is 11.3 Å². The Hall–Kier alpha value is -2.43. The molecule has 1 saturated heterocycles. The van der Waals surface area contributed by atoms with Crippen molar-refractivity contribution in [2.75, 3.05) is 6.54 Å². The Morgan fingerprint density at radius 2 is 1.96 bits per heavy atom.